The molecule has 0 amide bonds. The molecule has 0 aliphatic carbocycles. The summed E-state index contributed by atoms with van der Waals surface area (Å²) in [7, 11) is 0. The summed E-state index contributed by atoms with van der Waals surface area (Å²) in [5.41, 5.74) is 2.05. The third-order valence-corrected chi connectivity index (χ3v) is 3.34. The highest BCUT2D eigenvalue weighted by molar-refractivity contribution is 5.94. The smallest absolute Gasteiger partial charge is 0.361 e. The second-order valence-electron chi connectivity index (χ2n) is 5.53. The van der Waals surface area contributed by atoms with Crippen LogP contribution in [-0.2, 0) is 4.74 Å². The van der Waals surface area contributed by atoms with Crippen molar-refractivity contribution in [3.63, 3.8) is 0 Å². The van der Waals surface area contributed by atoms with Crippen molar-refractivity contribution in [2.45, 2.75) is 26.4 Å². The van der Waals surface area contributed by atoms with Gasteiger partial charge in [0.25, 0.3) is 0 Å². The van der Waals surface area contributed by atoms with Crippen LogP contribution in [0.3, 0.4) is 0 Å². The number of ether oxygens (including phenoxy) is 2. The van der Waals surface area contributed by atoms with Crippen molar-refractivity contribution in [1.82, 2.24) is 15.4 Å². The number of fused-ring (bicyclic) bond motifs is 1. The number of rotatable bonds is 3. The number of aromatic nitrogens is 3. The van der Waals surface area contributed by atoms with Crippen molar-refractivity contribution in [3.8, 4) is 17.0 Å². The van der Waals surface area contributed by atoms with Crippen molar-refractivity contribution < 1.29 is 14.3 Å². The molecule has 0 radical (unpaired) electrons. The van der Waals surface area contributed by atoms with E-state index in [1.807, 2.05) is 44.2 Å². The number of hydrogen-bond donors (Lipinski definition) is 1. The maximum absolute atomic E-state index is 11.9. The third-order valence-electron chi connectivity index (χ3n) is 3.34. The summed E-state index contributed by atoms with van der Waals surface area (Å²) in [4.78, 5) is 11.9. The molecule has 2 heterocycles. The summed E-state index contributed by atoms with van der Waals surface area (Å²) < 4.78 is 10.9. The standard InChI is InChI=1S/C16H17N3O3/c1-4-21-15(20)14-13(17-19-18-14)11-5-6-12-10(9-11)7-8-16(2,3)22-12/h5-9H,4H2,1-3H3,(H,17,18,19). The predicted molar refractivity (Wildman–Crippen MR) is 81.5 cm³/mol. The average molecular weight is 299 g/mol. The summed E-state index contributed by atoms with van der Waals surface area (Å²) in [6.07, 6.45) is 4.00. The minimum atomic E-state index is -0.489. The van der Waals surface area contributed by atoms with Crippen molar-refractivity contribution in [2.75, 3.05) is 6.61 Å². The Kier molecular flexibility index (Phi) is 3.44. The number of nitrogens with one attached hydrogen (secondary N) is 1. The first-order chi connectivity index (χ1) is 10.5. The number of nitrogens with zero attached hydrogens (tertiary/aromatic N) is 2. The van der Waals surface area contributed by atoms with Gasteiger partial charge in [0.15, 0.2) is 5.69 Å². The van der Waals surface area contributed by atoms with Crippen LogP contribution in [0.1, 0.15) is 36.8 Å². The third kappa shape index (κ3) is 2.59. The molecule has 6 heteroatoms. The summed E-state index contributed by atoms with van der Waals surface area (Å²) in [6, 6.07) is 5.65. The predicted octanol–water partition coefficient (Wildman–Crippen LogP) is 2.83. The Balaban J connectivity index is 1.98. The van der Waals surface area contributed by atoms with E-state index in [4.69, 9.17) is 9.47 Å². The number of carbonyl (C=O) groups is 1. The molecule has 0 bridgehead atoms. The fourth-order valence-electron chi connectivity index (χ4n) is 2.30. The monoisotopic (exact) mass is 299 g/mol. The largest absolute Gasteiger partial charge is 0.483 e. The highest BCUT2D eigenvalue weighted by atomic mass is 16.5. The second-order valence-corrected chi connectivity index (χ2v) is 5.53. The Morgan fingerprint density at radius 1 is 1.36 bits per heavy atom. The number of H-pyrrole nitrogens is 1. The Morgan fingerprint density at radius 3 is 2.95 bits per heavy atom. The van der Waals surface area contributed by atoms with Gasteiger partial charge in [-0.15, -0.1) is 5.10 Å². The molecule has 1 aromatic heterocycles. The SMILES string of the molecule is CCOC(=O)c1n[nH]nc1-c1ccc2c(c1)C=CC(C)(C)O2. The van der Waals surface area contributed by atoms with E-state index in [1.165, 1.54) is 0 Å². The summed E-state index contributed by atoms with van der Waals surface area (Å²) in [6.45, 7) is 6.04. The zero-order valence-electron chi connectivity index (χ0n) is 12.7. The molecule has 0 fully saturated rings. The maximum atomic E-state index is 11.9. The molecule has 3 rings (SSSR count). The quantitative estimate of drug-likeness (QED) is 0.882. The zero-order valence-corrected chi connectivity index (χ0v) is 12.7. The van der Waals surface area contributed by atoms with E-state index in [0.29, 0.717) is 12.3 Å². The number of aromatic amines is 1. The molecule has 1 N–H and O–H groups in total. The highest BCUT2D eigenvalue weighted by Gasteiger charge is 2.23. The van der Waals surface area contributed by atoms with E-state index in [-0.39, 0.29) is 11.3 Å². The van der Waals surface area contributed by atoms with E-state index in [9.17, 15) is 4.79 Å². The first-order valence-corrected chi connectivity index (χ1v) is 7.11. The van der Waals surface area contributed by atoms with Gasteiger partial charge in [0, 0.05) is 11.1 Å². The molecule has 1 aliphatic heterocycles. The lowest BCUT2D eigenvalue weighted by atomic mass is 9.99. The minimum absolute atomic E-state index is 0.183. The molecule has 0 saturated carbocycles. The van der Waals surface area contributed by atoms with Crippen LogP contribution in [-0.4, -0.2) is 33.6 Å². The summed E-state index contributed by atoms with van der Waals surface area (Å²) >= 11 is 0. The molecule has 0 saturated heterocycles. The fourth-order valence-corrected chi connectivity index (χ4v) is 2.30. The summed E-state index contributed by atoms with van der Waals surface area (Å²) in [5.74, 6) is 0.314. The molecule has 0 unspecified atom stereocenters. The molecule has 2 aromatic rings. The molecule has 0 atom stereocenters. The lowest BCUT2D eigenvalue weighted by Crippen LogP contribution is -2.27. The van der Waals surface area contributed by atoms with Gasteiger partial charge < -0.3 is 9.47 Å². The number of carbonyl (C=O) groups excluding carboxylic acids is 1. The van der Waals surface area contributed by atoms with E-state index in [2.05, 4.69) is 15.4 Å². The molecular formula is C16H17N3O3. The Morgan fingerprint density at radius 2 is 2.18 bits per heavy atom. The van der Waals surface area contributed by atoms with Crippen LogP contribution in [0.25, 0.3) is 17.3 Å². The van der Waals surface area contributed by atoms with Crippen molar-refractivity contribution in [1.29, 1.82) is 0 Å². The van der Waals surface area contributed by atoms with Crippen LogP contribution in [0.5, 0.6) is 5.75 Å². The average Bonchev–Trinajstić information content (AvgIpc) is 2.95. The first kappa shape index (κ1) is 14.3. The van der Waals surface area contributed by atoms with E-state index >= 15 is 0 Å². The van der Waals surface area contributed by atoms with Crippen LogP contribution in [0, 0.1) is 0 Å². The topological polar surface area (TPSA) is 77.1 Å². The van der Waals surface area contributed by atoms with Crippen LogP contribution >= 0.6 is 0 Å². The van der Waals surface area contributed by atoms with Crippen LogP contribution in [0.4, 0.5) is 0 Å². The number of hydrogen-bond acceptors (Lipinski definition) is 5. The fraction of sp³-hybridized carbons (Fsp3) is 0.312. The van der Waals surface area contributed by atoms with Gasteiger partial charge in [-0.2, -0.15) is 10.3 Å². The van der Waals surface area contributed by atoms with Gasteiger partial charge in [0.1, 0.15) is 17.0 Å². The van der Waals surface area contributed by atoms with Crippen molar-refractivity contribution in [3.05, 3.63) is 35.5 Å². The maximum Gasteiger partial charge on any atom is 0.361 e. The Hall–Kier alpha value is -2.63. The van der Waals surface area contributed by atoms with Gasteiger partial charge in [-0.25, -0.2) is 4.79 Å². The summed E-state index contributed by atoms with van der Waals surface area (Å²) in [5, 5.41) is 10.4. The number of esters is 1. The van der Waals surface area contributed by atoms with Crippen LogP contribution < -0.4 is 4.74 Å². The molecule has 1 aliphatic rings. The Bertz CT molecular complexity index is 747. The van der Waals surface area contributed by atoms with E-state index in [0.717, 1.165) is 16.9 Å². The van der Waals surface area contributed by atoms with Gasteiger partial charge in [0.2, 0.25) is 0 Å². The second kappa shape index (κ2) is 5.29. The van der Waals surface area contributed by atoms with Gasteiger partial charge in [0.05, 0.1) is 6.61 Å². The normalized spacial score (nSPS) is 15.0. The first-order valence-electron chi connectivity index (χ1n) is 7.11. The number of benzene rings is 1. The lowest BCUT2D eigenvalue weighted by molar-refractivity contribution is 0.0520. The van der Waals surface area contributed by atoms with Crippen molar-refractivity contribution >= 4 is 12.0 Å². The van der Waals surface area contributed by atoms with Crippen LogP contribution in [0.15, 0.2) is 24.3 Å². The van der Waals surface area contributed by atoms with Gasteiger partial charge in [-0.1, -0.05) is 6.08 Å². The minimum Gasteiger partial charge on any atom is -0.483 e. The molecular weight excluding hydrogens is 282 g/mol. The van der Waals surface area contributed by atoms with E-state index in [1.54, 1.807) is 6.92 Å². The Labute approximate surface area is 128 Å². The highest BCUT2D eigenvalue weighted by Crippen LogP contribution is 2.34. The molecule has 1 aromatic carbocycles. The van der Waals surface area contributed by atoms with Gasteiger partial charge >= 0.3 is 5.97 Å². The molecule has 0 spiro atoms. The van der Waals surface area contributed by atoms with Gasteiger partial charge in [-0.3, -0.25) is 0 Å². The van der Waals surface area contributed by atoms with Crippen molar-refractivity contribution in [2.24, 2.45) is 0 Å². The molecule has 6 nitrogen and oxygen atoms in total. The molecule has 114 valence electrons. The van der Waals surface area contributed by atoms with E-state index < -0.39 is 5.97 Å². The lowest BCUT2D eigenvalue weighted by Gasteiger charge is -2.27. The zero-order chi connectivity index (χ0) is 15.7. The molecule has 22 heavy (non-hydrogen) atoms. The van der Waals surface area contributed by atoms with Gasteiger partial charge in [-0.05, 0) is 45.0 Å². The van der Waals surface area contributed by atoms with Crippen LogP contribution in [0.2, 0.25) is 0 Å².